The quantitative estimate of drug-likeness (QED) is 0.639. The third kappa shape index (κ3) is 2.68. The molecule has 7 nitrogen and oxygen atoms in total. The number of amides is 1. The first kappa shape index (κ1) is 14.5. The van der Waals surface area contributed by atoms with Crippen LogP contribution >= 0.6 is 0 Å². The number of nitrogens with two attached hydrogens (primary N) is 1. The molecule has 2 heterocycles. The number of nitrogens with zero attached hydrogens (tertiary/aromatic N) is 1. The van der Waals surface area contributed by atoms with Gasteiger partial charge in [0.1, 0.15) is 5.60 Å². The highest BCUT2D eigenvalue weighted by Crippen LogP contribution is 2.38. The number of anilines is 1. The molecular formula is C13H19N3O4. The predicted molar refractivity (Wildman–Crippen MR) is 72.1 cm³/mol. The fourth-order valence-corrected chi connectivity index (χ4v) is 2.44. The Kier molecular flexibility index (Phi) is 3.82. The van der Waals surface area contributed by atoms with Crippen LogP contribution in [0, 0.1) is 0 Å². The van der Waals surface area contributed by atoms with E-state index in [9.17, 15) is 9.90 Å². The topological polar surface area (TPSA) is 118 Å². The monoisotopic (exact) mass is 281 g/mol. The molecule has 0 radical (unpaired) electrons. The van der Waals surface area contributed by atoms with Gasteiger partial charge in [0.25, 0.3) is 0 Å². The number of ether oxygens (including phenoxy) is 1. The zero-order valence-corrected chi connectivity index (χ0v) is 11.4. The predicted octanol–water partition coefficient (Wildman–Crippen LogP) is 0.901. The molecule has 4 atom stereocenters. The minimum Gasteiger partial charge on any atom is -0.465 e. The van der Waals surface area contributed by atoms with E-state index in [-0.39, 0.29) is 6.10 Å². The van der Waals surface area contributed by atoms with Crippen LogP contribution in [0.2, 0.25) is 0 Å². The number of pyridine rings is 1. The van der Waals surface area contributed by atoms with Crippen LogP contribution in [0.3, 0.4) is 0 Å². The molecule has 5 N–H and O–H groups in total. The Hall–Kier alpha value is -1.86. The maximum atomic E-state index is 10.9. The minimum atomic E-state index is -1.28. The van der Waals surface area contributed by atoms with E-state index < -0.39 is 23.8 Å². The number of nitrogens with one attached hydrogen (secondary N) is 1. The molecule has 0 aromatic carbocycles. The average Bonchev–Trinajstić information content (AvgIpc) is 2.35. The molecule has 110 valence electrons. The Bertz CT molecular complexity index is 506. The van der Waals surface area contributed by atoms with E-state index in [0.717, 1.165) is 5.56 Å². The second-order valence-corrected chi connectivity index (χ2v) is 5.24. The van der Waals surface area contributed by atoms with Crippen molar-refractivity contribution in [3.8, 4) is 0 Å². The van der Waals surface area contributed by atoms with E-state index in [0.29, 0.717) is 12.1 Å². The molecule has 4 unspecified atom stereocenters. The van der Waals surface area contributed by atoms with Crippen molar-refractivity contribution >= 4 is 11.8 Å². The summed E-state index contributed by atoms with van der Waals surface area (Å²) in [5.74, 6) is 0. The van der Waals surface area contributed by atoms with Gasteiger partial charge in [0, 0.05) is 18.2 Å². The zero-order valence-electron chi connectivity index (χ0n) is 11.4. The molecule has 0 spiro atoms. The summed E-state index contributed by atoms with van der Waals surface area (Å²) in [4.78, 5) is 14.8. The Morgan fingerprint density at radius 3 is 2.95 bits per heavy atom. The van der Waals surface area contributed by atoms with Crippen LogP contribution in [-0.4, -0.2) is 39.0 Å². The smallest absolute Gasteiger partial charge is 0.404 e. The lowest BCUT2D eigenvalue weighted by Crippen LogP contribution is -2.60. The summed E-state index contributed by atoms with van der Waals surface area (Å²) >= 11 is 0. The molecule has 1 aromatic rings. The summed E-state index contributed by atoms with van der Waals surface area (Å²) in [6.07, 6.45) is 1.33. The number of hydrogen-bond acceptors (Lipinski definition) is 5. The van der Waals surface area contributed by atoms with Gasteiger partial charge in [0.15, 0.2) is 0 Å². The van der Waals surface area contributed by atoms with Crippen LogP contribution in [0.1, 0.15) is 31.9 Å². The van der Waals surface area contributed by atoms with E-state index in [2.05, 4.69) is 10.3 Å². The molecule has 7 heteroatoms. The van der Waals surface area contributed by atoms with E-state index in [1.807, 2.05) is 0 Å². The first-order valence-corrected chi connectivity index (χ1v) is 6.39. The third-order valence-electron chi connectivity index (χ3n) is 3.88. The van der Waals surface area contributed by atoms with Crippen molar-refractivity contribution < 1.29 is 19.7 Å². The maximum absolute atomic E-state index is 10.9. The molecule has 20 heavy (non-hydrogen) atoms. The summed E-state index contributed by atoms with van der Waals surface area (Å²) in [6, 6.07) is 1.10. The standard InChI is InChI=1S/C13H19N3O4/c1-7-13(2,19)11(16-12(17)18)5-10(20-7)8-3-4-15-6-9(8)14/h3-4,6-7,10-11,16,19H,5,14H2,1-2H3,(H,17,18). The largest absolute Gasteiger partial charge is 0.465 e. The van der Waals surface area contributed by atoms with Gasteiger partial charge in [-0.3, -0.25) is 4.98 Å². The van der Waals surface area contributed by atoms with Crippen LogP contribution < -0.4 is 11.1 Å². The Labute approximate surface area is 116 Å². The number of hydrogen-bond donors (Lipinski definition) is 4. The molecule has 2 rings (SSSR count). The molecule has 1 saturated heterocycles. The average molecular weight is 281 g/mol. The van der Waals surface area contributed by atoms with Gasteiger partial charge >= 0.3 is 6.09 Å². The number of rotatable bonds is 2. The number of carboxylic acid groups (broad SMARTS) is 1. The molecular weight excluding hydrogens is 262 g/mol. The highest BCUT2D eigenvalue weighted by atomic mass is 16.5. The van der Waals surface area contributed by atoms with E-state index >= 15 is 0 Å². The second kappa shape index (κ2) is 5.26. The molecule has 1 fully saturated rings. The fraction of sp³-hybridized carbons (Fsp3) is 0.538. The van der Waals surface area contributed by atoms with Crippen molar-refractivity contribution in [1.29, 1.82) is 0 Å². The molecule has 1 aliphatic rings. The Morgan fingerprint density at radius 1 is 1.65 bits per heavy atom. The lowest BCUT2D eigenvalue weighted by molar-refractivity contribution is -0.175. The zero-order chi connectivity index (χ0) is 14.9. The highest BCUT2D eigenvalue weighted by Gasteiger charge is 2.46. The van der Waals surface area contributed by atoms with Crippen LogP contribution in [-0.2, 0) is 4.74 Å². The van der Waals surface area contributed by atoms with Gasteiger partial charge in [0.05, 0.1) is 30.1 Å². The lowest BCUT2D eigenvalue weighted by atomic mass is 9.82. The first-order chi connectivity index (χ1) is 9.32. The number of aliphatic hydroxyl groups is 1. The van der Waals surface area contributed by atoms with Crippen molar-refractivity contribution in [1.82, 2.24) is 10.3 Å². The van der Waals surface area contributed by atoms with Gasteiger partial charge in [-0.05, 0) is 19.9 Å². The van der Waals surface area contributed by atoms with Crippen molar-refractivity contribution in [2.24, 2.45) is 0 Å². The summed E-state index contributed by atoms with van der Waals surface area (Å²) in [5.41, 5.74) is 5.82. The molecule has 0 aliphatic carbocycles. The fourth-order valence-electron chi connectivity index (χ4n) is 2.44. The summed E-state index contributed by atoms with van der Waals surface area (Å²) in [7, 11) is 0. The van der Waals surface area contributed by atoms with Crippen LogP contribution in [0.15, 0.2) is 18.5 Å². The van der Waals surface area contributed by atoms with Gasteiger partial charge in [-0.1, -0.05) is 0 Å². The molecule has 1 aliphatic heterocycles. The molecule has 1 amide bonds. The van der Waals surface area contributed by atoms with Gasteiger partial charge < -0.3 is 26.0 Å². The van der Waals surface area contributed by atoms with Crippen LogP contribution in [0.25, 0.3) is 0 Å². The van der Waals surface area contributed by atoms with Crippen molar-refractivity contribution in [3.63, 3.8) is 0 Å². The maximum Gasteiger partial charge on any atom is 0.404 e. The summed E-state index contributed by atoms with van der Waals surface area (Å²) in [5, 5.41) is 21.6. The van der Waals surface area contributed by atoms with Crippen molar-refractivity contribution in [2.75, 3.05) is 5.73 Å². The van der Waals surface area contributed by atoms with Crippen molar-refractivity contribution in [2.45, 2.75) is 44.1 Å². The Balaban J connectivity index is 2.26. The SMILES string of the molecule is CC1OC(c2ccncc2N)CC(NC(=O)O)C1(C)O. The van der Waals surface area contributed by atoms with Crippen LogP contribution in [0.4, 0.5) is 10.5 Å². The van der Waals surface area contributed by atoms with Gasteiger partial charge in [-0.15, -0.1) is 0 Å². The van der Waals surface area contributed by atoms with Crippen LogP contribution in [0.5, 0.6) is 0 Å². The minimum absolute atomic E-state index is 0.303. The number of carbonyl (C=O) groups is 1. The van der Waals surface area contributed by atoms with E-state index in [4.69, 9.17) is 15.6 Å². The van der Waals surface area contributed by atoms with Gasteiger partial charge in [-0.25, -0.2) is 4.79 Å². The third-order valence-corrected chi connectivity index (χ3v) is 3.88. The molecule has 0 saturated carbocycles. The van der Waals surface area contributed by atoms with E-state index in [1.165, 1.54) is 6.20 Å². The molecule has 1 aromatic heterocycles. The lowest BCUT2D eigenvalue weighted by Gasteiger charge is -2.45. The van der Waals surface area contributed by atoms with Gasteiger partial charge in [-0.2, -0.15) is 0 Å². The number of aromatic nitrogens is 1. The summed E-state index contributed by atoms with van der Waals surface area (Å²) in [6.45, 7) is 3.27. The van der Waals surface area contributed by atoms with Gasteiger partial charge in [0.2, 0.25) is 0 Å². The van der Waals surface area contributed by atoms with Crippen molar-refractivity contribution in [3.05, 3.63) is 24.0 Å². The second-order valence-electron chi connectivity index (χ2n) is 5.24. The normalized spacial score (nSPS) is 33.6. The highest BCUT2D eigenvalue weighted by molar-refractivity contribution is 5.65. The number of nitrogen functional groups attached to an aromatic ring is 1. The Morgan fingerprint density at radius 2 is 2.35 bits per heavy atom. The first-order valence-electron chi connectivity index (χ1n) is 6.39. The van der Waals surface area contributed by atoms with E-state index in [1.54, 1.807) is 26.1 Å². The summed E-state index contributed by atoms with van der Waals surface area (Å²) < 4.78 is 5.79. The molecule has 0 bridgehead atoms.